The zero-order valence-corrected chi connectivity index (χ0v) is 15.3. The van der Waals surface area contributed by atoms with Crippen LogP contribution in [0.25, 0.3) is 0 Å². The highest BCUT2D eigenvalue weighted by molar-refractivity contribution is 7.10. The SMILES string of the molecule is C[C@@H]1CC[C@H](C)N1CC(=O)N1CCN([C@@H](C#N)c2cccs2)CC1. The Hall–Kier alpha value is -1.42. The number of nitriles is 1. The van der Waals surface area contributed by atoms with E-state index in [0.717, 1.165) is 31.1 Å². The molecule has 6 heteroatoms. The van der Waals surface area contributed by atoms with Crippen LogP contribution in [0.1, 0.15) is 37.6 Å². The Labute approximate surface area is 148 Å². The molecular formula is C18H26N4OS. The van der Waals surface area contributed by atoms with E-state index in [0.29, 0.717) is 18.6 Å². The van der Waals surface area contributed by atoms with Crippen LogP contribution in [-0.4, -0.2) is 65.4 Å². The minimum atomic E-state index is -0.180. The summed E-state index contributed by atoms with van der Waals surface area (Å²) in [5.74, 6) is 0.236. The van der Waals surface area contributed by atoms with Gasteiger partial charge in [-0.3, -0.25) is 14.6 Å². The van der Waals surface area contributed by atoms with Crippen LogP contribution < -0.4 is 0 Å². The van der Waals surface area contributed by atoms with Crippen molar-refractivity contribution < 1.29 is 4.79 Å². The lowest BCUT2D eigenvalue weighted by molar-refractivity contribution is -0.135. The minimum Gasteiger partial charge on any atom is -0.339 e. The summed E-state index contributed by atoms with van der Waals surface area (Å²) in [5, 5.41) is 11.5. The van der Waals surface area contributed by atoms with Crippen molar-refractivity contribution in [2.75, 3.05) is 32.7 Å². The van der Waals surface area contributed by atoms with Gasteiger partial charge in [-0.15, -0.1) is 11.3 Å². The minimum absolute atomic E-state index is 0.180. The van der Waals surface area contributed by atoms with Crippen molar-refractivity contribution in [1.29, 1.82) is 5.26 Å². The molecule has 0 aliphatic carbocycles. The quantitative estimate of drug-likeness (QED) is 0.840. The molecule has 0 bridgehead atoms. The standard InChI is InChI=1S/C18H26N4OS/c1-14-5-6-15(2)22(14)13-18(23)21-9-7-20(8-10-21)16(12-19)17-4-3-11-24-17/h3-4,11,14-16H,5-10,13H2,1-2H3/t14-,15+,16-/m0/s1. The van der Waals surface area contributed by atoms with Gasteiger partial charge in [0.2, 0.25) is 5.91 Å². The van der Waals surface area contributed by atoms with Gasteiger partial charge in [-0.2, -0.15) is 5.26 Å². The van der Waals surface area contributed by atoms with Gasteiger partial charge in [0.1, 0.15) is 6.04 Å². The molecule has 2 aliphatic rings. The number of hydrogen-bond acceptors (Lipinski definition) is 5. The lowest BCUT2D eigenvalue weighted by Crippen LogP contribution is -2.52. The van der Waals surface area contributed by atoms with Crippen LogP contribution in [0.2, 0.25) is 0 Å². The summed E-state index contributed by atoms with van der Waals surface area (Å²) < 4.78 is 0. The fraction of sp³-hybridized carbons (Fsp3) is 0.667. The van der Waals surface area contributed by atoms with Crippen LogP contribution in [0.5, 0.6) is 0 Å². The number of hydrogen-bond donors (Lipinski definition) is 0. The Kier molecular flexibility index (Phi) is 5.54. The van der Waals surface area contributed by atoms with E-state index in [-0.39, 0.29) is 11.9 Å². The molecule has 24 heavy (non-hydrogen) atoms. The smallest absolute Gasteiger partial charge is 0.236 e. The number of piperazine rings is 1. The topological polar surface area (TPSA) is 50.6 Å². The maximum atomic E-state index is 12.6. The summed E-state index contributed by atoms with van der Waals surface area (Å²) in [7, 11) is 0. The van der Waals surface area contributed by atoms with Crippen molar-refractivity contribution in [1.82, 2.24) is 14.7 Å². The molecular weight excluding hydrogens is 320 g/mol. The van der Waals surface area contributed by atoms with Crippen LogP contribution in [0.15, 0.2) is 17.5 Å². The molecule has 2 saturated heterocycles. The number of nitrogens with zero attached hydrogens (tertiary/aromatic N) is 4. The Morgan fingerprint density at radius 3 is 2.50 bits per heavy atom. The maximum Gasteiger partial charge on any atom is 0.236 e. The van der Waals surface area contributed by atoms with Gasteiger partial charge in [-0.1, -0.05) is 6.07 Å². The van der Waals surface area contributed by atoms with Crippen LogP contribution in [0.4, 0.5) is 0 Å². The fourth-order valence-electron chi connectivity index (χ4n) is 3.82. The monoisotopic (exact) mass is 346 g/mol. The van der Waals surface area contributed by atoms with E-state index >= 15 is 0 Å². The molecule has 0 N–H and O–H groups in total. The van der Waals surface area contributed by atoms with Gasteiger partial charge in [-0.25, -0.2) is 0 Å². The van der Waals surface area contributed by atoms with Crippen molar-refractivity contribution in [3.8, 4) is 6.07 Å². The van der Waals surface area contributed by atoms with E-state index in [1.807, 2.05) is 22.4 Å². The summed E-state index contributed by atoms with van der Waals surface area (Å²) in [6.45, 7) is 7.95. The van der Waals surface area contributed by atoms with Crippen LogP contribution in [-0.2, 0) is 4.79 Å². The second-order valence-corrected chi connectivity index (χ2v) is 7.89. The van der Waals surface area contributed by atoms with E-state index in [2.05, 4.69) is 29.7 Å². The molecule has 3 rings (SSSR count). The van der Waals surface area contributed by atoms with Crippen molar-refractivity contribution in [3.63, 3.8) is 0 Å². The molecule has 130 valence electrons. The zero-order chi connectivity index (χ0) is 17.1. The molecule has 0 unspecified atom stereocenters. The summed E-state index contributed by atoms with van der Waals surface area (Å²) in [5.41, 5.74) is 0. The number of carbonyl (C=O) groups is 1. The molecule has 2 fully saturated rings. The first-order chi connectivity index (χ1) is 11.6. The molecule has 3 heterocycles. The highest BCUT2D eigenvalue weighted by atomic mass is 32.1. The fourth-order valence-corrected chi connectivity index (χ4v) is 4.62. The molecule has 0 radical (unpaired) electrons. The van der Waals surface area contributed by atoms with Gasteiger partial charge in [0.05, 0.1) is 12.6 Å². The lowest BCUT2D eigenvalue weighted by Gasteiger charge is -2.38. The largest absolute Gasteiger partial charge is 0.339 e. The number of amides is 1. The molecule has 1 aromatic rings. The number of likely N-dealkylation sites (tertiary alicyclic amines) is 1. The summed E-state index contributed by atoms with van der Waals surface area (Å²) >= 11 is 1.63. The summed E-state index contributed by atoms with van der Waals surface area (Å²) in [6, 6.07) is 7.26. The maximum absolute atomic E-state index is 12.6. The molecule has 3 atom stereocenters. The third kappa shape index (κ3) is 3.64. The van der Waals surface area contributed by atoms with E-state index in [4.69, 9.17) is 0 Å². The number of thiophene rings is 1. The van der Waals surface area contributed by atoms with E-state index < -0.39 is 0 Å². The average molecular weight is 347 g/mol. The highest BCUT2D eigenvalue weighted by Gasteiger charge is 2.32. The average Bonchev–Trinajstić information content (AvgIpc) is 3.22. The molecule has 2 aliphatic heterocycles. The van der Waals surface area contributed by atoms with Gasteiger partial charge in [0.15, 0.2) is 0 Å². The predicted octanol–water partition coefficient (Wildman–Crippen LogP) is 2.33. The lowest BCUT2D eigenvalue weighted by atomic mass is 10.2. The van der Waals surface area contributed by atoms with Crippen molar-refractivity contribution in [3.05, 3.63) is 22.4 Å². The molecule has 5 nitrogen and oxygen atoms in total. The van der Waals surface area contributed by atoms with Gasteiger partial charge < -0.3 is 4.90 Å². The highest BCUT2D eigenvalue weighted by Crippen LogP contribution is 2.26. The van der Waals surface area contributed by atoms with Gasteiger partial charge >= 0.3 is 0 Å². The Balaban J connectivity index is 1.53. The molecule has 0 aromatic carbocycles. The number of rotatable bonds is 4. The summed E-state index contributed by atoms with van der Waals surface area (Å²) in [6.07, 6.45) is 2.37. The Morgan fingerprint density at radius 2 is 1.96 bits per heavy atom. The van der Waals surface area contributed by atoms with E-state index in [9.17, 15) is 10.1 Å². The molecule has 1 amide bonds. The van der Waals surface area contributed by atoms with Crippen LogP contribution >= 0.6 is 11.3 Å². The van der Waals surface area contributed by atoms with Crippen molar-refractivity contribution >= 4 is 17.2 Å². The van der Waals surface area contributed by atoms with Gasteiger partial charge in [0.25, 0.3) is 0 Å². The first kappa shape index (κ1) is 17.4. The Morgan fingerprint density at radius 1 is 1.29 bits per heavy atom. The molecule has 1 aromatic heterocycles. The van der Waals surface area contributed by atoms with Gasteiger partial charge in [0, 0.05) is 43.1 Å². The number of carbonyl (C=O) groups excluding carboxylic acids is 1. The second-order valence-electron chi connectivity index (χ2n) is 6.91. The predicted molar refractivity (Wildman–Crippen MR) is 95.7 cm³/mol. The normalized spacial score (nSPS) is 27.1. The Bertz CT molecular complexity index is 579. The zero-order valence-electron chi connectivity index (χ0n) is 14.5. The van der Waals surface area contributed by atoms with E-state index in [1.165, 1.54) is 12.8 Å². The van der Waals surface area contributed by atoms with Crippen LogP contribution in [0.3, 0.4) is 0 Å². The first-order valence-electron chi connectivity index (χ1n) is 8.80. The molecule has 0 saturated carbocycles. The van der Waals surface area contributed by atoms with E-state index in [1.54, 1.807) is 11.3 Å². The van der Waals surface area contributed by atoms with Gasteiger partial charge in [-0.05, 0) is 38.1 Å². The molecule has 0 spiro atoms. The second kappa shape index (κ2) is 7.64. The van der Waals surface area contributed by atoms with Crippen molar-refractivity contribution in [2.24, 2.45) is 0 Å². The third-order valence-corrected chi connectivity index (χ3v) is 6.34. The third-order valence-electron chi connectivity index (χ3n) is 5.42. The van der Waals surface area contributed by atoms with Crippen LogP contribution in [0, 0.1) is 11.3 Å². The van der Waals surface area contributed by atoms with Crippen molar-refractivity contribution in [2.45, 2.75) is 44.8 Å². The first-order valence-corrected chi connectivity index (χ1v) is 9.68. The summed E-state index contributed by atoms with van der Waals surface area (Å²) in [4.78, 5) is 20.2.